The van der Waals surface area contributed by atoms with E-state index in [1.165, 1.54) is 38.2 Å². The molecule has 2 heterocycles. The lowest BCUT2D eigenvalue weighted by molar-refractivity contribution is 0.104. The second kappa shape index (κ2) is 6.99. The zero-order valence-electron chi connectivity index (χ0n) is 13.7. The van der Waals surface area contributed by atoms with Crippen molar-refractivity contribution in [3.63, 3.8) is 0 Å². The Kier molecular flexibility index (Phi) is 5.80. The van der Waals surface area contributed by atoms with E-state index in [-0.39, 0.29) is 5.54 Å². The van der Waals surface area contributed by atoms with Gasteiger partial charge < -0.3 is 15.0 Å². The van der Waals surface area contributed by atoms with Crippen LogP contribution < -0.4 is 5.32 Å². The minimum atomic E-state index is 0.194. The number of nitrogens with zero attached hydrogens (tertiary/aromatic N) is 1. The summed E-state index contributed by atoms with van der Waals surface area (Å²) in [5, 5.41) is 4.54. The summed E-state index contributed by atoms with van der Waals surface area (Å²) < 4.78 is 5.75. The molecule has 2 unspecified atom stereocenters. The third kappa shape index (κ3) is 4.90. The highest BCUT2D eigenvalue weighted by atomic mass is 32.2. The van der Waals surface area contributed by atoms with Crippen molar-refractivity contribution in [3.05, 3.63) is 0 Å². The third-order valence-corrected chi connectivity index (χ3v) is 5.79. The van der Waals surface area contributed by atoms with Crippen molar-refractivity contribution in [2.24, 2.45) is 5.41 Å². The Balaban J connectivity index is 1.91. The van der Waals surface area contributed by atoms with Crippen molar-refractivity contribution in [1.82, 2.24) is 10.2 Å². The van der Waals surface area contributed by atoms with Gasteiger partial charge in [0.1, 0.15) is 0 Å². The molecule has 0 spiro atoms. The molecule has 118 valence electrons. The fraction of sp³-hybridized carbons (Fsp3) is 1.00. The van der Waals surface area contributed by atoms with Crippen LogP contribution in [0.1, 0.15) is 40.5 Å². The molecule has 20 heavy (non-hydrogen) atoms. The van der Waals surface area contributed by atoms with Crippen LogP contribution in [-0.2, 0) is 4.74 Å². The van der Waals surface area contributed by atoms with Gasteiger partial charge in [-0.05, 0) is 33.6 Å². The van der Waals surface area contributed by atoms with Gasteiger partial charge >= 0.3 is 0 Å². The lowest BCUT2D eigenvalue weighted by Crippen LogP contribution is -2.51. The van der Waals surface area contributed by atoms with Gasteiger partial charge in [0.25, 0.3) is 0 Å². The molecule has 0 amide bonds. The number of nitrogens with one attached hydrogen (secondary N) is 1. The summed E-state index contributed by atoms with van der Waals surface area (Å²) >= 11 is 2.15. The largest absolute Gasteiger partial charge is 0.381 e. The SMILES string of the molecule is CCC1CN(CC2(CNC(C)(C)C)CCOC2)CCS1. The maximum atomic E-state index is 5.75. The Morgan fingerprint density at radius 2 is 2.20 bits per heavy atom. The van der Waals surface area contributed by atoms with Gasteiger partial charge in [-0.25, -0.2) is 0 Å². The fourth-order valence-electron chi connectivity index (χ4n) is 3.07. The molecule has 0 saturated carbocycles. The molecule has 0 bridgehead atoms. The van der Waals surface area contributed by atoms with Crippen LogP contribution in [0.15, 0.2) is 0 Å². The third-order valence-electron chi connectivity index (χ3n) is 4.42. The molecule has 0 radical (unpaired) electrons. The Morgan fingerprint density at radius 1 is 1.40 bits per heavy atom. The zero-order chi connectivity index (χ0) is 14.6. The van der Waals surface area contributed by atoms with E-state index in [4.69, 9.17) is 4.74 Å². The van der Waals surface area contributed by atoms with Gasteiger partial charge in [0.2, 0.25) is 0 Å². The molecule has 2 saturated heterocycles. The molecule has 2 rings (SSSR count). The lowest BCUT2D eigenvalue weighted by Gasteiger charge is -2.40. The smallest absolute Gasteiger partial charge is 0.0547 e. The number of ether oxygens (including phenoxy) is 1. The van der Waals surface area contributed by atoms with E-state index in [0.29, 0.717) is 5.41 Å². The summed E-state index contributed by atoms with van der Waals surface area (Å²) in [6, 6.07) is 0. The van der Waals surface area contributed by atoms with Crippen molar-refractivity contribution in [1.29, 1.82) is 0 Å². The molecule has 2 aliphatic rings. The monoisotopic (exact) mass is 300 g/mol. The highest BCUT2D eigenvalue weighted by Crippen LogP contribution is 2.32. The van der Waals surface area contributed by atoms with E-state index in [1.807, 2.05) is 0 Å². The molecule has 1 N–H and O–H groups in total. The van der Waals surface area contributed by atoms with Crippen LogP contribution in [0.25, 0.3) is 0 Å². The topological polar surface area (TPSA) is 24.5 Å². The van der Waals surface area contributed by atoms with Crippen molar-refractivity contribution < 1.29 is 4.74 Å². The summed E-state index contributed by atoms with van der Waals surface area (Å²) in [6.45, 7) is 15.7. The second-order valence-corrected chi connectivity index (χ2v) is 8.95. The zero-order valence-corrected chi connectivity index (χ0v) is 14.5. The standard InChI is InChI=1S/C16H32N2OS/c1-5-14-10-18(7-9-20-14)12-16(6-8-19-13-16)11-17-15(2,3)4/h14,17H,5-13H2,1-4H3. The lowest BCUT2D eigenvalue weighted by atomic mass is 9.85. The van der Waals surface area contributed by atoms with E-state index in [9.17, 15) is 0 Å². The van der Waals surface area contributed by atoms with Gasteiger partial charge in [0.05, 0.1) is 6.61 Å². The fourth-order valence-corrected chi connectivity index (χ4v) is 4.32. The van der Waals surface area contributed by atoms with Gasteiger partial charge in [0.15, 0.2) is 0 Å². The quantitative estimate of drug-likeness (QED) is 0.843. The Morgan fingerprint density at radius 3 is 2.80 bits per heavy atom. The summed E-state index contributed by atoms with van der Waals surface area (Å²) in [5.74, 6) is 1.29. The van der Waals surface area contributed by atoms with Gasteiger partial charge in [-0.15, -0.1) is 0 Å². The molecule has 3 nitrogen and oxygen atoms in total. The molecule has 2 aliphatic heterocycles. The molecule has 2 fully saturated rings. The van der Waals surface area contributed by atoms with Crippen LogP contribution in [0.2, 0.25) is 0 Å². The summed E-state index contributed by atoms with van der Waals surface area (Å²) in [4.78, 5) is 2.68. The van der Waals surface area contributed by atoms with Crippen LogP contribution in [0.5, 0.6) is 0 Å². The predicted molar refractivity (Wildman–Crippen MR) is 88.6 cm³/mol. The van der Waals surface area contributed by atoms with E-state index < -0.39 is 0 Å². The van der Waals surface area contributed by atoms with Crippen molar-refractivity contribution in [2.75, 3.05) is 45.1 Å². The first-order chi connectivity index (χ1) is 9.42. The molecule has 0 aromatic rings. The van der Waals surface area contributed by atoms with Gasteiger partial charge in [0, 0.05) is 54.7 Å². The average molecular weight is 301 g/mol. The summed E-state index contributed by atoms with van der Waals surface area (Å²) in [6.07, 6.45) is 2.50. The Hall–Kier alpha value is 0.230. The van der Waals surface area contributed by atoms with Gasteiger partial charge in [-0.3, -0.25) is 0 Å². The summed E-state index contributed by atoms with van der Waals surface area (Å²) in [5.41, 5.74) is 0.521. The van der Waals surface area contributed by atoms with Crippen LogP contribution in [0, 0.1) is 5.41 Å². The molecular weight excluding hydrogens is 268 g/mol. The molecule has 0 aromatic heterocycles. The predicted octanol–water partition coefficient (Wildman–Crippen LogP) is 2.61. The minimum Gasteiger partial charge on any atom is -0.381 e. The molecule has 0 aliphatic carbocycles. The molecule has 0 aromatic carbocycles. The molecular formula is C16H32N2OS. The van der Waals surface area contributed by atoms with Crippen molar-refractivity contribution in [2.45, 2.75) is 51.3 Å². The van der Waals surface area contributed by atoms with E-state index in [1.54, 1.807) is 0 Å². The molecule has 4 heteroatoms. The normalized spacial score (nSPS) is 32.7. The van der Waals surface area contributed by atoms with Crippen molar-refractivity contribution in [3.8, 4) is 0 Å². The van der Waals surface area contributed by atoms with Crippen LogP contribution in [0.4, 0.5) is 0 Å². The van der Waals surface area contributed by atoms with Crippen LogP contribution >= 0.6 is 11.8 Å². The highest BCUT2D eigenvalue weighted by Gasteiger charge is 2.38. The van der Waals surface area contributed by atoms with Crippen molar-refractivity contribution >= 4 is 11.8 Å². The first-order valence-electron chi connectivity index (χ1n) is 8.09. The van der Waals surface area contributed by atoms with Gasteiger partial charge in [-0.1, -0.05) is 6.92 Å². The average Bonchev–Trinajstić information content (AvgIpc) is 2.85. The maximum absolute atomic E-state index is 5.75. The number of thioether (sulfide) groups is 1. The van der Waals surface area contributed by atoms with E-state index in [2.05, 4.69) is 49.7 Å². The number of rotatable bonds is 5. The van der Waals surface area contributed by atoms with E-state index in [0.717, 1.165) is 25.0 Å². The van der Waals surface area contributed by atoms with Crippen LogP contribution in [0.3, 0.4) is 0 Å². The van der Waals surface area contributed by atoms with Crippen LogP contribution in [-0.4, -0.2) is 60.8 Å². The number of hydrogen-bond acceptors (Lipinski definition) is 4. The molecule has 2 atom stereocenters. The first-order valence-corrected chi connectivity index (χ1v) is 9.14. The van der Waals surface area contributed by atoms with E-state index >= 15 is 0 Å². The minimum absolute atomic E-state index is 0.194. The van der Waals surface area contributed by atoms with Gasteiger partial charge in [-0.2, -0.15) is 11.8 Å². The first kappa shape index (κ1) is 16.6. The summed E-state index contributed by atoms with van der Waals surface area (Å²) in [7, 11) is 0. The Labute approximate surface area is 129 Å². The highest BCUT2D eigenvalue weighted by molar-refractivity contribution is 8.00. The number of hydrogen-bond donors (Lipinski definition) is 1. The second-order valence-electron chi connectivity index (χ2n) is 7.54. The Bertz CT molecular complexity index is 297. The maximum Gasteiger partial charge on any atom is 0.0547 e.